The van der Waals surface area contributed by atoms with Gasteiger partial charge in [0.15, 0.2) is 5.78 Å². The molecule has 1 aromatic rings. The van der Waals surface area contributed by atoms with E-state index in [1.807, 2.05) is 24.4 Å². The topological polar surface area (TPSA) is 49.9 Å². The quantitative estimate of drug-likeness (QED) is 0.798. The van der Waals surface area contributed by atoms with Gasteiger partial charge in [0.1, 0.15) is 0 Å². The maximum Gasteiger partial charge on any atom is 0.409 e. The van der Waals surface area contributed by atoms with E-state index in [-0.39, 0.29) is 17.9 Å². The Hall–Kier alpha value is -1.40. The lowest BCUT2D eigenvalue weighted by atomic mass is 10.1. The van der Waals surface area contributed by atoms with Crippen LogP contribution in [0.3, 0.4) is 0 Å². The smallest absolute Gasteiger partial charge is 0.409 e. The molecule has 1 aliphatic heterocycles. The second-order valence-corrected chi connectivity index (χ2v) is 5.69. The van der Waals surface area contributed by atoms with Crippen molar-refractivity contribution in [3.8, 4) is 0 Å². The summed E-state index contributed by atoms with van der Waals surface area (Å²) in [5.74, 6) is 0.157. The fourth-order valence-corrected chi connectivity index (χ4v) is 3.04. The number of nitrogens with zero attached hydrogens (tertiary/aromatic N) is 2. The minimum atomic E-state index is -0.260. The fraction of sp³-hybridized carbons (Fsp3) is 0.571. The largest absolute Gasteiger partial charge is 0.450 e. The molecule has 0 N–H and O–H groups in total. The maximum atomic E-state index is 12.3. The van der Waals surface area contributed by atoms with Crippen molar-refractivity contribution < 1.29 is 14.3 Å². The molecule has 0 spiro atoms. The Labute approximate surface area is 123 Å². The second kappa shape index (κ2) is 6.85. The molecule has 20 heavy (non-hydrogen) atoms. The number of hydrogen-bond acceptors (Lipinski definition) is 5. The van der Waals surface area contributed by atoms with Crippen molar-refractivity contribution in [2.45, 2.75) is 19.9 Å². The van der Waals surface area contributed by atoms with Gasteiger partial charge in [-0.05, 0) is 25.3 Å². The molecule has 2 heterocycles. The molecule has 1 atom stereocenters. The summed E-state index contributed by atoms with van der Waals surface area (Å²) in [6.45, 7) is 6.76. The summed E-state index contributed by atoms with van der Waals surface area (Å²) >= 11 is 1.47. The molecule has 0 unspecified atom stereocenters. The molecule has 110 valence electrons. The number of amides is 1. The molecule has 0 aliphatic carbocycles. The second-order valence-electron chi connectivity index (χ2n) is 4.74. The predicted octanol–water partition coefficient (Wildman–Crippen LogP) is 2.09. The molecular weight excluding hydrogens is 276 g/mol. The Kier molecular flexibility index (Phi) is 5.14. The number of ether oxygens (including phenoxy) is 1. The molecule has 0 radical (unpaired) electrons. The first kappa shape index (κ1) is 15.0. The van der Waals surface area contributed by atoms with Gasteiger partial charge in [0.25, 0.3) is 0 Å². The zero-order chi connectivity index (χ0) is 14.5. The number of rotatable bonds is 4. The van der Waals surface area contributed by atoms with Gasteiger partial charge < -0.3 is 9.64 Å². The third-order valence-corrected chi connectivity index (χ3v) is 4.42. The van der Waals surface area contributed by atoms with Crippen LogP contribution >= 0.6 is 11.3 Å². The van der Waals surface area contributed by atoms with E-state index < -0.39 is 0 Å². The van der Waals surface area contributed by atoms with E-state index in [1.165, 1.54) is 11.3 Å². The van der Waals surface area contributed by atoms with Crippen LogP contribution in [0.1, 0.15) is 23.5 Å². The van der Waals surface area contributed by atoms with Gasteiger partial charge in [0.2, 0.25) is 0 Å². The number of Topliss-reactive ketones (excluding diaryl/α,β-unsaturated/α-hetero) is 1. The van der Waals surface area contributed by atoms with E-state index in [0.29, 0.717) is 32.8 Å². The molecule has 1 saturated heterocycles. The summed E-state index contributed by atoms with van der Waals surface area (Å²) in [5, 5.41) is 1.92. The number of thiophene rings is 1. The van der Waals surface area contributed by atoms with Crippen LogP contribution in [0.25, 0.3) is 0 Å². The van der Waals surface area contributed by atoms with E-state index >= 15 is 0 Å². The van der Waals surface area contributed by atoms with Gasteiger partial charge >= 0.3 is 6.09 Å². The van der Waals surface area contributed by atoms with Crippen LogP contribution in [-0.2, 0) is 4.74 Å². The van der Waals surface area contributed by atoms with Crippen molar-refractivity contribution in [1.29, 1.82) is 0 Å². The number of hydrogen-bond donors (Lipinski definition) is 0. The Morgan fingerprint density at radius 1 is 1.35 bits per heavy atom. The zero-order valence-electron chi connectivity index (χ0n) is 11.9. The minimum Gasteiger partial charge on any atom is -0.450 e. The van der Waals surface area contributed by atoms with Crippen LogP contribution < -0.4 is 0 Å². The third kappa shape index (κ3) is 3.37. The number of carbonyl (C=O) groups is 2. The number of carbonyl (C=O) groups excluding carboxylic acids is 2. The van der Waals surface area contributed by atoms with Crippen LogP contribution in [0.2, 0.25) is 0 Å². The summed E-state index contributed by atoms with van der Waals surface area (Å²) in [7, 11) is 0. The minimum absolute atomic E-state index is 0.141. The Morgan fingerprint density at radius 2 is 2.05 bits per heavy atom. The average molecular weight is 296 g/mol. The van der Waals surface area contributed by atoms with Crippen molar-refractivity contribution in [2.24, 2.45) is 0 Å². The van der Waals surface area contributed by atoms with E-state index in [4.69, 9.17) is 4.74 Å². The number of ketones is 1. The van der Waals surface area contributed by atoms with Gasteiger partial charge in [-0.3, -0.25) is 9.69 Å². The Balaban J connectivity index is 1.87. The predicted molar refractivity (Wildman–Crippen MR) is 78.3 cm³/mol. The van der Waals surface area contributed by atoms with Crippen molar-refractivity contribution in [1.82, 2.24) is 9.80 Å². The first-order valence-electron chi connectivity index (χ1n) is 6.87. The highest BCUT2D eigenvalue weighted by Crippen LogP contribution is 2.16. The van der Waals surface area contributed by atoms with Crippen molar-refractivity contribution in [3.05, 3.63) is 22.4 Å². The summed E-state index contributed by atoms with van der Waals surface area (Å²) in [6, 6.07) is 3.61. The molecule has 0 saturated carbocycles. The molecule has 6 heteroatoms. The van der Waals surface area contributed by atoms with Crippen LogP contribution in [0.5, 0.6) is 0 Å². The Bertz CT molecular complexity index is 453. The van der Waals surface area contributed by atoms with Gasteiger partial charge in [-0.1, -0.05) is 6.07 Å². The lowest BCUT2D eigenvalue weighted by molar-refractivity contribution is 0.0606. The molecule has 1 aromatic heterocycles. The van der Waals surface area contributed by atoms with E-state index in [0.717, 1.165) is 4.88 Å². The van der Waals surface area contributed by atoms with Gasteiger partial charge in [-0.15, -0.1) is 11.3 Å². The van der Waals surface area contributed by atoms with E-state index in [9.17, 15) is 9.59 Å². The van der Waals surface area contributed by atoms with Crippen LogP contribution in [0.15, 0.2) is 17.5 Å². The summed E-state index contributed by atoms with van der Waals surface area (Å²) in [6.07, 6.45) is -0.260. The summed E-state index contributed by atoms with van der Waals surface area (Å²) in [5.41, 5.74) is 0. The van der Waals surface area contributed by atoms with E-state index in [1.54, 1.807) is 11.8 Å². The number of piperazine rings is 1. The fourth-order valence-electron chi connectivity index (χ4n) is 2.30. The molecule has 5 nitrogen and oxygen atoms in total. The van der Waals surface area contributed by atoms with Crippen molar-refractivity contribution in [3.63, 3.8) is 0 Å². The van der Waals surface area contributed by atoms with Crippen molar-refractivity contribution in [2.75, 3.05) is 32.8 Å². The summed E-state index contributed by atoms with van der Waals surface area (Å²) in [4.78, 5) is 28.5. The molecule has 2 rings (SSSR count). The highest BCUT2D eigenvalue weighted by molar-refractivity contribution is 7.12. The van der Waals surface area contributed by atoms with Gasteiger partial charge in [-0.25, -0.2) is 4.79 Å². The highest BCUT2D eigenvalue weighted by Gasteiger charge is 2.28. The molecule has 1 fully saturated rings. The first-order chi connectivity index (χ1) is 9.63. The lowest BCUT2D eigenvalue weighted by Crippen LogP contribution is -2.53. The monoisotopic (exact) mass is 296 g/mol. The van der Waals surface area contributed by atoms with Gasteiger partial charge in [0, 0.05) is 26.2 Å². The zero-order valence-corrected chi connectivity index (χ0v) is 12.7. The first-order valence-corrected chi connectivity index (χ1v) is 7.75. The average Bonchev–Trinajstić information content (AvgIpc) is 3.00. The van der Waals surface area contributed by atoms with Crippen LogP contribution in [0, 0.1) is 0 Å². The molecule has 0 aromatic carbocycles. The van der Waals surface area contributed by atoms with Gasteiger partial charge in [0.05, 0.1) is 17.5 Å². The Morgan fingerprint density at radius 3 is 2.60 bits per heavy atom. The SMILES string of the molecule is CCOC(=O)N1CCN([C@@H](C)C(=O)c2cccs2)CC1. The summed E-state index contributed by atoms with van der Waals surface area (Å²) < 4.78 is 4.99. The normalized spacial score (nSPS) is 17.8. The highest BCUT2D eigenvalue weighted by atomic mass is 32.1. The molecule has 1 aliphatic rings. The molecular formula is C14H20N2O3S. The molecule has 1 amide bonds. The van der Waals surface area contributed by atoms with Gasteiger partial charge in [-0.2, -0.15) is 0 Å². The molecule has 0 bridgehead atoms. The lowest BCUT2D eigenvalue weighted by Gasteiger charge is -2.36. The van der Waals surface area contributed by atoms with Crippen LogP contribution in [0.4, 0.5) is 4.79 Å². The third-order valence-electron chi connectivity index (χ3n) is 3.53. The van der Waals surface area contributed by atoms with Crippen LogP contribution in [-0.4, -0.2) is 60.5 Å². The van der Waals surface area contributed by atoms with E-state index in [2.05, 4.69) is 4.90 Å². The standard InChI is InChI=1S/C14H20N2O3S/c1-3-19-14(18)16-8-6-15(7-9-16)11(2)13(17)12-5-4-10-20-12/h4-5,10-11H,3,6-9H2,1-2H3/t11-/m0/s1. The van der Waals surface area contributed by atoms with Crippen molar-refractivity contribution >= 4 is 23.2 Å². The maximum absolute atomic E-state index is 12.3.